The van der Waals surface area contributed by atoms with Gasteiger partial charge >= 0.3 is 12.1 Å². The Morgan fingerprint density at radius 3 is 2.75 bits per heavy atom. The number of aromatic nitrogens is 1. The van der Waals surface area contributed by atoms with Crippen molar-refractivity contribution in [1.82, 2.24) is 15.2 Å². The molecule has 2 aliphatic rings. The monoisotopic (exact) mass is 470 g/mol. The number of rotatable bonds is 5. The smallest absolute Gasteiger partial charge is 0.410 e. The molecule has 0 aromatic carbocycles. The first-order valence-electron chi connectivity index (χ1n) is 10.7. The molecule has 3 heterocycles. The molecule has 1 aromatic heterocycles. The van der Waals surface area contributed by atoms with Gasteiger partial charge in [0.1, 0.15) is 34.5 Å². The third-order valence-electron chi connectivity index (χ3n) is 5.03. The zero-order valence-electron chi connectivity index (χ0n) is 18.9. The molecule has 2 atom stereocenters. The minimum atomic E-state index is -1.15. The average Bonchev–Trinajstić information content (AvgIpc) is 2.70. The molecule has 2 N–H and O–H groups in total. The standard InChI is InChI=1S/C21H31ClN4O6/c1-13-10-25(7-8-30-13)18-17(19(27)28)15(9-16(22)24-18)31-12-14-11-26(6-5-23-14)20(29)32-21(2,3)4/h9,13-14,23H,5-8,10-12H2,1-4H3,(H,27,28)/t13-,14-/m1/s1. The van der Waals surface area contributed by atoms with Gasteiger partial charge < -0.3 is 34.4 Å². The van der Waals surface area contributed by atoms with Crippen LogP contribution >= 0.6 is 11.6 Å². The number of nitrogens with zero attached hydrogens (tertiary/aromatic N) is 3. The number of morpholine rings is 1. The lowest BCUT2D eigenvalue weighted by Gasteiger charge is -2.35. The average molecular weight is 471 g/mol. The van der Waals surface area contributed by atoms with Crippen molar-refractivity contribution >= 4 is 29.5 Å². The van der Waals surface area contributed by atoms with Gasteiger partial charge in [0.2, 0.25) is 0 Å². The van der Waals surface area contributed by atoms with Gasteiger partial charge in [0.25, 0.3) is 0 Å². The van der Waals surface area contributed by atoms with Gasteiger partial charge in [0.15, 0.2) is 0 Å². The molecule has 2 aliphatic heterocycles. The SMILES string of the molecule is C[C@@H]1CN(c2nc(Cl)cc(OC[C@H]3CN(C(=O)OC(C)(C)C)CCN3)c2C(=O)O)CCO1. The lowest BCUT2D eigenvalue weighted by molar-refractivity contribution is 0.0178. The summed E-state index contributed by atoms with van der Waals surface area (Å²) in [7, 11) is 0. The second kappa shape index (κ2) is 10.1. The van der Waals surface area contributed by atoms with E-state index < -0.39 is 11.6 Å². The lowest BCUT2D eigenvalue weighted by atomic mass is 10.2. The summed E-state index contributed by atoms with van der Waals surface area (Å²) in [5.41, 5.74) is -0.616. The number of amides is 1. The Morgan fingerprint density at radius 2 is 2.09 bits per heavy atom. The molecule has 0 radical (unpaired) electrons. The Morgan fingerprint density at radius 1 is 1.34 bits per heavy atom. The Labute approximate surface area is 192 Å². The van der Waals surface area contributed by atoms with Gasteiger partial charge in [-0.3, -0.25) is 0 Å². The van der Waals surface area contributed by atoms with Crippen LogP contribution in [-0.2, 0) is 9.47 Å². The highest BCUT2D eigenvalue weighted by Gasteiger charge is 2.30. The van der Waals surface area contributed by atoms with Crippen molar-refractivity contribution < 1.29 is 28.9 Å². The van der Waals surface area contributed by atoms with E-state index in [2.05, 4.69) is 10.3 Å². The maximum atomic E-state index is 12.4. The number of piperazine rings is 1. The summed E-state index contributed by atoms with van der Waals surface area (Å²) in [5, 5.41) is 13.3. The van der Waals surface area contributed by atoms with E-state index >= 15 is 0 Å². The summed E-state index contributed by atoms with van der Waals surface area (Å²) in [6, 6.07) is 1.21. The molecule has 0 aliphatic carbocycles. The molecule has 2 fully saturated rings. The van der Waals surface area contributed by atoms with Gasteiger partial charge in [0.05, 0.1) is 18.8 Å². The molecule has 32 heavy (non-hydrogen) atoms. The van der Waals surface area contributed by atoms with E-state index in [1.165, 1.54) is 6.07 Å². The Bertz CT molecular complexity index is 846. The fourth-order valence-corrected chi connectivity index (χ4v) is 3.83. The van der Waals surface area contributed by atoms with Crippen LogP contribution in [-0.4, -0.2) is 90.7 Å². The van der Waals surface area contributed by atoms with Crippen molar-refractivity contribution in [3.8, 4) is 5.75 Å². The van der Waals surface area contributed by atoms with Crippen LogP contribution < -0.4 is 15.0 Å². The number of aromatic carboxylic acids is 1. The number of carboxylic acid groups (broad SMARTS) is 1. The van der Waals surface area contributed by atoms with Gasteiger partial charge in [-0.2, -0.15) is 0 Å². The number of pyridine rings is 1. The molecular weight excluding hydrogens is 440 g/mol. The van der Waals surface area contributed by atoms with E-state index in [0.29, 0.717) is 39.3 Å². The van der Waals surface area contributed by atoms with Crippen LogP contribution in [0.4, 0.5) is 10.6 Å². The highest BCUT2D eigenvalue weighted by Crippen LogP contribution is 2.32. The van der Waals surface area contributed by atoms with E-state index in [4.69, 9.17) is 25.8 Å². The van der Waals surface area contributed by atoms with Crippen molar-refractivity contribution in [2.24, 2.45) is 0 Å². The van der Waals surface area contributed by atoms with E-state index in [1.807, 2.05) is 32.6 Å². The van der Waals surface area contributed by atoms with Crippen molar-refractivity contribution in [1.29, 1.82) is 0 Å². The second-order valence-corrected chi connectivity index (χ2v) is 9.35. The molecule has 1 amide bonds. The van der Waals surface area contributed by atoms with Crippen LogP contribution in [0.3, 0.4) is 0 Å². The van der Waals surface area contributed by atoms with E-state index in [1.54, 1.807) is 4.90 Å². The Balaban J connectivity index is 1.73. The molecule has 10 nitrogen and oxygen atoms in total. The number of anilines is 1. The normalized spacial score (nSPS) is 21.9. The summed E-state index contributed by atoms with van der Waals surface area (Å²) in [5.74, 6) is -0.740. The van der Waals surface area contributed by atoms with Crippen molar-refractivity contribution in [3.63, 3.8) is 0 Å². The van der Waals surface area contributed by atoms with Crippen LogP contribution in [0.5, 0.6) is 5.75 Å². The van der Waals surface area contributed by atoms with Crippen LogP contribution in [0.2, 0.25) is 5.15 Å². The van der Waals surface area contributed by atoms with Crippen molar-refractivity contribution in [2.45, 2.75) is 45.4 Å². The molecule has 3 rings (SSSR count). The molecule has 11 heteroatoms. The zero-order valence-corrected chi connectivity index (χ0v) is 19.6. The van der Waals surface area contributed by atoms with Gasteiger partial charge in [-0.15, -0.1) is 0 Å². The fourth-order valence-electron chi connectivity index (χ4n) is 3.65. The van der Waals surface area contributed by atoms with E-state index in [0.717, 1.165) is 0 Å². The molecular formula is C21H31ClN4O6. The van der Waals surface area contributed by atoms with Crippen LogP contribution in [0.25, 0.3) is 0 Å². The number of carbonyl (C=O) groups is 2. The summed E-state index contributed by atoms with van der Waals surface area (Å²) in [4.78, 5) is 32.2. The maximum Gasteiger partial charge on any atom is 0.410 e. The summed E-state index contributed by atoms with van der Waals surface area (Å²) >= 11 is 6.20. The minimum absolute atomic E-state index is 0.0386. The third-order valence-corrected chi connectivity index (χ3v) is 5.23. The van der Waals surface area contributed by atoms with Crippen LogP contribution in [0, 0.1) is 0 Å². The molecule has 0 saturated carbocycles. The molecule has 0 spiro atoms. The number of carboxylic acids is 1. The van der Waals surface area contributed by atoms with Crippen molar-refractivity contribution in [3.05, 3.63) is 16.8 Å². The third kappa shape index (κ3) is 6.36. The number of carbonyl (C=O) groups excluding carboxylic acids is 1. The quantitative estimate of drug-likeness (QED) is 0.625. The number of ether oxygens (including phenoxy) is 3. The first-order valence-corrected chi connectivity index (χ1v) is 11.1. The van der Waals surface area contributed by atoms with Gasteiger partial charge in [-0.1, -0.05) is 11.6 Å². The summed E-state index contributed by atoms with van der Waals surface area (Å²) < 4.78 is 16.9. The summed E-state index contributed by atoms with van der Waals surface area (Å²) in [6.07, 6.45) is -0.438. The second-order valence-electron chi connectivity index (χ2n) is 8.96. The highest BCUT2D eigenvalue weighted by molar-refractivity contribution is 6.29. The number of hydrogen-bond acceptors (Lipinski definition) is 8. The Hall–Kier alpha value is -2.30. The van der Waals surface area contributed by atoms with Crippen molar-refractivity contribution in [2.75, 3.05) is 50.8 Å². The largest absolute Gasteiger partial charge is 0.491 e. The maximum absolute atomic E-state index is 12.4. The van der Waals surface area contributed by atoms with Crippen LogP contribution in [0.1, 0.15) is 38.1 Å². The summed E-state index contributed by atoms with van der Waals surface area (Å²) in [6.45, 7) is 10.5. The predicted octanol–water partition coefficient (Wildman–Crippen LogP) is 2.25. The number of hydrogen-bond donors (Lipinski definition) is 2. The van der Waals surface area contributed by atoms with E-state index in [9.17, 15) is 14.7 Å². The topological polar surface area (TPSA) is 113 Å². The molecule has 178 valence electrons. The van der Waals surface area contributed by atoms with Crippen LogP contribution in [0.15, 0.2) is 6.07 Å². The van der Waals surface area contributed by atoms with E-state index in [-0.39, 0.29) is 47.1 Å². The molecule has 0 bridgehead atoms. The lowest BCUT2D eigenvalue weighted by Crippen LogP contribution is -2.55. The molecule has 1 aromatic rings. The first-order chi connectivity index (χ1) is 15.0. The number of nitrogens with one attached hydrogen (secondary N) is 1. The number of halogens is 1. The van der Waals surface area contributed by atoms with Gasteiger partial charge in [0, 0.05) is 38.8 Å². The Kier molecular flexibility index (Phi) is 7.68. The zero-order chi connectivity index (χ0) is 23.5. The van der Waals surface area contributed by atoms with Gasteiger partial charge in [-0.25, -0.2) is 14.6 Å². The molecule has 0 unspecified atom stereocenters. The highest BCUT2D eigenvalue weighted by atomic mass is 35.5. The minimum Gasteiger partial charge on any atom is -0.491 e. The van der Waals surface area contributed by atoms with Gasteiger partial charge in [-0.05, 0) is 27.7 Å². The predicted molar refractivity (Wildman–Crippen MR) is 119 cm³/mol. The first kappa shape index (κ1) is 24.3. The molecule has 2 saturated heterocycles. The fraction of sp³-hybridized carbons (Fsp3) is 0.667.